The molecule has 94 valence electrons. The molecule has 0 N–H and O–H groups in total. The molecule has 1 saturated heterocycles. The molecule has 0 saturated carbocycles. The van der Waals surface area contributed by atoms with Gasteiger partial charge >= 0.3 is 0 Å². The third-order valence-electron chi connectivity index (χ3n) is 3.64. The summed E-state index contributed by atoms with van der Waals surface area (Å²) in [5.41, 5.74) is 0. The SMILES string of the molecule is CC1OC(C)C(C(=O)Cc2sccc2Br)C1C. The molecule has 0 aromatic carbocycles. The highest BCUT2D eigenvalue weighted by Crippen LogP contribution is 2.34. The first kappa shape index (κ1) is 13.2. The van der Waals surface area contributed by atoms with Gasteiger partial charge in [-0.25, -0.2) is 0 Å². The quantitative estimate of drug-likeness (QED) is 0.850. The van der Waals surface area contributed by atoms with Crippen molar-refractivity contribution in [3.8, 4) is 0 Å². The lowest BCUT2D eigenvalue weighted by Crippen LogP contribution is -2.28. The molecule has 1 aromatic rings. The van der Waals surface area contributed by atoms with Crippen LogP contribution in [0.4, 0.5) is 0 Å². The summed E-state index contributed by atoms with van der Waals surface area (Å²) in [6.45, 7) is 6.17. The van der Waals surface area contributed by atoms with E-state index in [1.54, 1.807) is 11.3 Å². The molecule has 0 spiro atoms. The van der Waals surface area contributed by atoms with Gasteiger partial charge in [0.1, 0.15) is 5.78 Å². The van der Waals surface area contributed by atoms with Gasteiger partial charge in [-0.3, -0.25) is 4.79 Å². The normalized spacial score (nSPS) is 32.9. The Morgan fingerprint density at radius 3 is 2.59 bits per heavy atom. The fourth-order valence-corrected chi connectivity index (χ4v) is 4.05. The van der Waals surface area contributed by atoms with Gasteiger partial charge < -0.3 is 4.74 Å². The van der Waals surface area contributed by atoms with Gasteiger partial charge in [-0.1, -0.05) is 6.92 Å². The zero-order valence-corrected chi connectivity index (χ0v) is 12.7. The number of ketones is 1. The number of hydrogen-bond acceptors (Lipinski definition) is 3. The summed E-state index contributed by atoms with van der Waals surface area (Å²) in [7, 11) is 0. The minimum atomic E-state index is 0.0407. The molecule has 2 nitrogen and oxygen atoms in total. The third-order valence-corrected chi connectivity index (χ3v) is 5.57. The Balaban J connectivity index is 2.08. The van der Waals surface area contributed by atoms with Gasteiger partial charge in [-0.05, 0) is 47.1 Å². The molecular weight excluding hydrogens is 300 g/mol. The summed E-state index contributed by atoms with van der Waals surface area (Å²) in [6, 6.07) is 1.99. The average Bonchev–Trinajstić information content (AvgIpc) is 2.74. The van der Waals surface area contributed by atoms with Gasteiger partial charge in [0, 0.05) is 21.7 Å². The molecule has 0 aliphatic carbocycles. The lowest BCUT2D eigenvalue weighted by Gasteiger charge is -2.16. The first-order valence-electron chi connectivity index (χ1n) is 5.90. The van der Waals surface area contributed by atoms with Crippen LogP contribution in [0.25, 0.3) is 0 Å². The van der Waals surface area contributed by atoms with Crippen LogP contribution in [0.3, 0.4) is 0 Å². The van der Waals surface area contributed by atoms with Gasteiger partial charge in [0.15, 0.2) is 0 Å². The number of hydrogen-bond donors (Lipinski definition) is 0. The van der Waals surface area contributed by atoms with Crippen LogP contribution in [0.5, 0.6) is 0 Å². The largest absolute Gasteiger partial charge is 0.375 e. The standard InChI is InChI=1S/C13H17BrO2S/c1-7-8(2)16-9(3)13(7)11(15)6-12-10(14)4-5-17-12/h4-5,7-9,13H,6H2,1-3H3. The van der Waals surface area contributed by atoms with E-state index in [4.69, 9.17) is 4.74 Å². The molecule has 1 aromatic heterocycles. The van der Waals surface area contributed by atoms with Crippen molar-refractivity contribution in [2.45, 2.75) is 39.4 Å². The van der Waals surface area contributed by atoms with Crippen LogP contribution in [0.1, 0.15) is 25.6 Å². The van der Waals surface area contributed by atoms with Crippen molar-refractivity contribution < 1.29 is 9.53 Å². The van der Waals surface area contributed by atoms with E-state index in [1.807, 2.05) is 18.4 Å². The number of carbonyl (C=O) groups is 1. The Hall–Kier alpha value is -0.190. The molecule has 1 aliphatic heterocycles. The zero-order chi connectivity index (χ0) is 12.6. The summed E-state index contributed by atoms with van der Waals surface area (Å²) in [5, 5.41) is 2.01. The number of halogens is 1. The molecule has 0 amide bonds. The maximum Gasteiger partial charge on any atom is 0.144 e. The van der Waals surface area contributed by atoms with Crippen LogP contribution in [-0.4, -0.2) is 18.0 Å². The number of carbonyl (C=O) groups excluding carboxylic acids is 1. The van der Waals surface area contributed by atoms with E-state index in [1.165, 1.54) is 0 Å². The molecule has 4 heteroatoms. The van der Waals surface area contributed by atoms with E-state index in [0.717, 1.165) is 9.35 Å². The van der Waals surface area contributed by atoms with Crippen molar-refractivity contribution in [2.75, 3.05) is 0 Å². The first-order chi connectivity index (χ1) is 8.00. The maximum absolute atomic E-state index is 12.3. The van der Waals surface area contributed by atoms with Gasteiger partial charge in [-0.2, -0.15) is 0 Å². The maximum atomic E-state index is 12.3. The second-order valence-electron chi connectivity index (χ2n) is 4.77. The highest BCUT2D eigenvalue weighted by atomic mass is 79.9. The molecule has 1 fully saturated rings. The Morgan fingerprint density at radius 2 is 2.12 bits per heavy atom. The van der Waals surface area contributed by atoms with E-state index in [9.17, 15) is 4.79 Å². The fraction of sp³-hybridized carbons (Fsp3) is 0.615. The Morgan fingerprint density at radius 1 is 1.41 bits per heavy atom. The fourth-order valence-electron chi connectivity index (χ4n) is 2.55. The van der Waals surface area contributed by atoms with Crippen molar-refractivity contribution in [3.05, 3.63) is 20.8 Å². The summed E-state index contributed by atoms with van der Waals surface area (Å²) in [4.78, 5) is 13.5. The third kappa shape index (κ3) is 2.64. The van der Waals surface area contributed by atoms with E-state index in [-0.39, 0.29) is 18.1 Å². The van der Waals surface area contributed by atoms with Gasteiger partial charge in [0.25, 0.3) is 0 Å². The van der Waals surface area contributed by atoms with Crippen molar-refractivity contribution in [3.63, 3.8) is 0 Å². The predicted octanol–water partition coefficient (Wildman–Crippen LogP) is 3.68. The van der Waals surface area contributed by atoms with Crippen molar-refractivity contribution in [1.82, 2.24) is 0 Å². The number of Topliss-reactive ketones (excluding diaryl/α,β-unsaturated/α-hetero) is 1. The first-order valence-corrected chi connectivity index (χ1v) is 7.58. The Kier molecular flexibility index (Phi) is 4.06. The predicted molar refractivity (Wildman–Crippen MR) is 73.4 cm³/mol. The monoisotopic (exact) mass is 316 g/mol. The molecule has 0 radical (unpaired) electrons. The Bertz CT molecular complexity index is 415. The van der Waals surface area contributed by atoms with Crippen molar-refractivity contribution >= 4 is 33.0 Å². The summed E-state index contributed by atoms with van der Waals surface area (Å²) < 4.78 is 6.77. The van der Waals surface area contributed by atoms with Crippen LogP contribution in [0.15, 0.2) is 15.9 Å². The molecule has 4 unspecified atom stereocenters. The number of ether oxygens (including phenoxy) is 1. The van der Waals surface area contributed by atoms with Crippen molar-refractivity contribution in [2.24, 2.45) is 11.8 Å². The van der Waals surface area contributed by atoms with E-state index in [0.29, 0.717) is 18.1 Å². The smallest absolute Gasteiger partial charge is 0.144 e. The highest BCUT2D eigenvalue weighted by Gasteiger charge is 2.41. The second kappa shape index (κ2) is 5.21. The van der Waals surface area contributed by atoms with Crippen LogP contribution in [-0.2, 0) is 16.0 Å². The molecule has 17 heavy (non-hydrogen) atoms. The van der Waals surface area contributed by atoms with Crippen LogP contribution < -0.4 is 0 Å². The molecule has 2 heterocycles. The van der Waals surface area contributed by atoms with Gasteiger partial charge in [0.05, 0.1) is 12.2 Å². The highest BCUT2D eigenvalue weighted by molar-refractivity contribution is 9.10. The Labute approximate surface area is 114 Å². The lowest BCUT2D eigenvalue weighted by molar-refractivity contribution is -0.124. The van der Waals surface area contributed by atoms with Gasteiger partial charge in [0.2, 0.25) is 0 Å². The van der Waals surface area contributed by atoms with Gasteiger partial charge in [-0.15, -0.1) is 11.3 Å². The van der Waals surface area contributed by atoms with E-state index >= 15 is 0 Å². The zero-order valence-electron chi connectivity index (χ0n) is 10.3. The summed E-state index contributed by atoms with van der Waals surface area (Å²) >= 11 is 5.10. The minimum Gasteiger partial charge on any atom is -0.375 e. The minimum absolute atomic E-state index is 0.0407. The van der Waals surface area contributed by atoms with Crippen LogP contribution in [0.2, 0.25) is 0 Å². The van der Waals surface area contributed by atoms with Crippen LogP contribution in [0, 0.1) is 11.8 Å². The summed E-state index contributed by atoms with van der Waals surface area (Å²) in [6.07, 6.45) is 0.755. The van der Waals surface area contributed by atoms with E-state index in [2.05, 4.69) is 29.8 Å². The number of rotatable bonds is 3. The molecule has 2 rings (SSSR count). The number of thiophene rings is 1. The topological polar surface area (TPSA) is 26.3 Å². The lowest BCUT2D eigenvalue weighted by atomic mass is 9.85. The molecule has 4 atom stereocenters. The average molecular weight is 317 g/mol. The van der Waals surface area contributed by atoms with Crippen molar-refractivity contribution in [1.29, 1.82) is 0 Å². The van der Waals surface area contributed by atoms with Crippen LogP contribution >= 0.6 is 27.3 Å². The molecular formula is C13H17BrO2S. The van der Waals surface area contributed by atoms with E-state index < -0.39 is 0 Å². The second-order valence-corrected chi connectivity index (χ2v) is 6.62. The molecule has 1 aliphatic rings. The summed E-state index contributed by atoms with van der Waals surface area (Å²) in [5.74, 6) is 0.660. The molecule has 0 bridgehead atoms.